The van der Waals surface area contributed by atoms with E-state index in [4.69, 9.17) is 9.47 Å². The molecule has 2 aromatic rings. The van der Waals surface area contributed by atoms with Crippen molar-refractivity contribution in [3.05, 3.63) is 65.2 Å². The van der Waals surface area contributed by atoms with E-state index >= 15 is 0 Å². The lowest BCUT2D eigenvalue weighted by atomic mass is 9.95. The largest absolute Gasteiger partial charge is 0.453 e. The van der Waals surface area contributed by atoms with E-state index in [1.807, 2.05) is 49.1 Å². The monoisotopic (exact) mass is 496 g/mol. The van der Waals surface area contributed by atoms with Gasteiger partial charge in [0.1, 0.15) is 0 Å². The molecule has 2 amide bonds. The van der Waals surface area contributed by atoms with Gasteiger partial charge in [-0.25, -0.2) is 4.79 Å². The van der Waals surface area contributed by atoms with Gasteiger partial charge in [-0.3, -0.25) is 15.0 Å². The summed E-state index contributed by atoms with van der Waals surface area (Å²) in [5.41, 5.74) is 3.59. The second kappa shape index (κ2) is 14.0. The summed E-state index contributed by atoms with van der Waals surface area (Å²) in [5, 5.41) is 2.78. The summed E-state index contributed by atoms with van der Waals surface area (Å²) in [6.45, 7) is 11.0. The summed E-state index contributed by atoms with van der Waals surface area (Å²) in [5.74, 6) is 0.0528. The van der Waals surface area contributed by atoms with Crippen molar-refractivity contribution in [3.63, 3.8) is 0 Å². The molecule has 3 rings (SSSR count). The van der Waals surface area contributed by atoms with Crippen molar-refractivity contribution in [2.24, 2.45) is 0 Å². The molecule has 1 saturated heterocycles. The highest BCUT2D eigenvalue weighted by molar-refractivity contribution is 5.94. The predicted molar refractivity (Wildman–Crippen MR) is 143 cm³/mol. The van der Waals surface area contributed by atoms with Crippen LogP contribution in [0.4, 0.5) is 10.5 Å². The number of rotatable bonds is 11. The first-order valence-corrected chi connectivity index (χ1v) is 12.8. The Morgan fingerprint density at radius 3 is 2.28 bits per heavy atom. The third-order valence-corrected chi connectivity index (χ3v) is 6.75. The highest BCUT2D eigenvalue weighted by atomic mass is 16.5. The van der Waals surface area contributed by atoms with Crippen LogP contribution in [-0.4, -0.2) is 93.3 Å². The standard InChI is InChI=1S/C28H40N4O4/c1-5-31(6-2)27(33)23-13-11-22(12-14-23)26(24-9-7-10-25(21-24)29-28(34)36-4)32-18-16-30(17-19-32)15-8-20-35-3/h7,9-14,21,26H,5-6,8,15-20H2,1-4H3,(H,29,34). The van der Waals surface area contributed by atoms with Crippen molar-refractivity contribution in [3.8, 4) is 0 Å². The number of carbonyl (C=O) groups excluding carboxylic acids is 2. The molecule has 0 aromatic heterocycles. The number of piperazine rings is 1. The Labute approximate surface area is 215 Å². The Balaban J connectivity index is 1.86. The quantitative estimate of drug-likeness (QED) is 0.473. The molecule has 1 unspecified atom stereocenters. The maximum atomic E-state index is 12.8. The van der Waals surface area contributed by atoms with Crippen LogP contribution in [0, 0.1) is 0 Å². The van der Waals surface area contributed by atoms with Crippen molar-refractivity contribution in [2.45, 2.75) is 26.3 Å². The Morgan fingerprint density at radius 1 is 0.972 bits per heavy atom. The topological polar surface area (TPSA) is 74.4 Å². The van der Waals surface area contributed by atoms with E-state index in [0.29, 0.717) is 24.3 Å². The van der Waals surface area contributed by atoms with E-state index in [1.54, 1.807) is 7.11 Å². The van der Waals surface area contributed by atoms with Gasteiger partial charge in [-0.2, -0.15) is 0 Å². The first kappa shape index (κ1) is 27.6. The molecule has 1 aliphatic heterocycles. The lowest BCUT2D eigenvalue weighted by Crippen LogP contribution is -2.48. The van der Waals surface area contributed by atoms with Crippen LogP contribution in [0.15, 0.2) is 48.5 Å². The number of benzene rings is 2. The van der Waals surface area contributed by atoms with E-state index in [1.165, 1.54) is 7.11 Å². The lowest BCUT2D eigenvalue weighted by molar-refractivity contribution is 0.0773. The summed E-state index contributed by atoms with van der Waals surface area (Å²) in [7, 11) is 3.10. The number of hydrogen-bond acceptors (Lipinski definition) is 6. The van der Waals surface area contributed by atoms with Crippen LogP contribution in [0.5, 0.6) is 0 Å². The fourth-order valence-corrected chi connectivity index (χ4v) is 4.75. The second-order valence-electron chi connectivity index (χ2n) is 8.97. The molecule has 8 heteroatoms. The van der Waals surface area contributed by atoms with Crippen LogP contribution in [0.2, 0.25) is 0 Å². The first-order chi connectivity index (χ1) is 17.5. The van der Waals surface area contributed by atoms with E-state index < -0.39 is 6.09 Å². The molecule has 196 valence electrons. The Bertz CT molecular complexity index is 970. The van der Waals surface area contributed by atoms with Gasteiger partial charge in [-0.05, 0) is 55.7 Å². The highest BCUT2D eigenvalue weighted by Crippen LogP contribution is 2.31. The van der Waals surface area contributed by atoms with Gasteiger partial charge >= 0.3 is 6.09 Å². The Hall–Kier alpha value is -2.94. The van der Waals surface area contributed by atoms with E-state index in [2.05, 4.69) is 33.3 Å². The minimum Gasteiger partial charge on any atom is -0.453 e. The van der Waals surface area contributed by atoms with Gasteiger partial charge in [0.25, 0.3) is 5.91 Å². The molecule has 1 aliphatic rings. The van der Waals surface area contributed by atoms with Crippen LogP contribution in [0.25, 0.3) is 0 Å². The molecule has 0 bridgehead atoms. The summed E-state index contributed by atoms with van der Waals surface area (Å²) < 4.78 is 9.98. The van der Waals surface area contributed by atoms with E-state index in [9.17, 15) is 9.59 Å². The number of anilines is 1. The fourth-order valence-electron chi connectivity index (χ4n) is 4.75. The molecule has 0 saturated carbocycles. The predicted octanol–water partition coefficient (Wildman–Crippen LogP) is 4.09. The van der Waals surface area contributed by atoms with Crippen LogP contribution in [-0.2, 0) is 9.47 Å². The van der Waals surface area contributed by atoms with E-state index in [0.717, 1.165) is 56.9 Å². The molecule has 0 radical (unpaired) electrons. The number of ether oxygens (including phenoxy) is 2. The smallest absolute Gasteiger partial charge is 0.411 e. The van der Waals surface area contributed by atoms with Gasteiger partial charge in [0.15, 0.2) is 0 Å². The summed E-state index contributed by atoms with van der Waals surface area (Å²) in [6.07, 6.45) is 0.538. The number of hydrogen-bond donors (Lipinski definition) is 1. The molecule has 2 aromatic carbocycles. The maximum absolute atomic E-state index is 12.8. The average Bonchev–Trinajstić information content (AvgIpc) is 2.91. The molecule has 0 spiro atoms. The van der Waals surface area contributed by atoms with Crippen molar-refractivity contribution in [1.29, 1.82) is 0 Å². The van der Waals surface area contributed by atoms with Crippen LogP contribution in [0.1, 0.15) is 47.8 Å². The molecule has 1 fully saturated rings. The molecule has 0 aliphatic carbocycles. The zero-order valence-electron chi connectivity index (χ0n) is 22.0. The summed E-state index contributed by atoms with van der Waals surface area (Å²) >= 11 is 0. The van der Waals surface area contributed by atoms with Crippen molar-refractivity contribution >= 4 is 17.7 Å². The third-order valence-electron chi connectivity index (χ3n) is 6.75. The molecule has 1 N–H and O–H groups in total. The maximum Gasteiger partial charge on any atom is 0.411 e. The zero-order valence-corrected chi connectivity index (χ0v) is 22.0. The molecular formula is C28H40N4O4. The third kappa shape index (κ3) is 7.29. The van der Waals surface area contributed by atoms with Crippen molar-refractivity contribution in [2.75, 3.05) is 72.0 Å². The van der Waals surface area contributed by atoms with Crippen molar-refractivity contribution < 1.29 is 19.1 Å². The average molecular weight is 497 g/mol. The van der Waals surface area contributed by atoms with Crippen LogP contribution in [0.3, 0.4) is 0 Å². The van der Waals surface area contributed by atoms with Gasteiger partial charge in [0, 0.05) is 70.8 Å². The first-order valence-electron chi connectivity index (χ1n) is 12.8. The number of nitrogens with one attached hydrogen (secondary N) is 1. The normalized spacial score (nSPS) is 15.3. The molecular weight excluding hydrogens is 456 g/mol. The highest BCUT2D eigenvalue weighted by Gasteiger charge is 2.27. The van der Waals surface area contributed by atoms with Crippen LogP contribution < -0.4 is 5.32 Å². The van der Waals surface area contributed by atoms with Gasteiger partial charge in [0.2, 0.25) is 0 Å². The molecule has 36 heavy (non-hydrogen) atoms. The molecule has 8 nitrogen and oxygen atoms in total. The Kier molecular flexibility index (Phi) is 10.7. The van der Waals surface area contributed by atoms with Gasteiger partial charge in [-0.1, -0.05) is 24.3 Å². The van der Waals surface area contributed by atoms with Crippen LogP contribution >= 0.6 is 0 Å². The van der Waals surface area contributed by atoms with Crippen molar-refractivity contribution in [1.82, 2.24) is 14.7 Å². The number of amides is 2. The lowest BCUT2D eigenvalue weighted by Gasteiger charge is -2.40. The summed E-state index contributed by atoms with van der Waals surface area (Å²) in [4.78, 5) is 31.4. The minimum absolute atomic E-state index is 0.00290. The zero-order chi connectivity index (χ0) is 25.9. The number of methoxy groups -OCH3 is 2. The Morgan fingerprint density at radius 2 is 1.67 bits per heavy atom. The number of carbonyl (C=O) groups is 2. The van der Waals surface area contributed by atoms with Gasteiger partial charge < -0.3 is 19.3 Å². The minimum atomic E-state index is -0.493. The van der Waals surface area contributed by atoms with Gasteiger partial charge in [0.05, 0.1) is 13.2 Å². The number of nitrogens with zero attached hydrogens (tertiary/aromatic N) is 3. The summed E-state index contributed by atoms with van der Waals surface area (Å²) in [6, 6.07) is 15.9. The molecule has 1 atom stereocenters. The second-order valence-corrected chi connectivity index (χ2v) is 8.97. The molecule has 1 heterocycles. The van der Waals surface area contributed by atoms with Gasteiger partial charge in [-0.15, -0.1) is 0 Å². The fraction of sp³-hybridized carbons (Fsp3) is 0.500. The van der Waals surface area contributed by atoms with E-state index in [-0.39, 0.29) is 11.9 Å². The SMILES string of the molecule is CCN(CC)C(=O)c1ccc(C(c2cccc(NC(=O)OC)c2)N2CCN(CCCOC)CC2)cc1.